The molecule has 0 bridgehead atoms. The van der Waals surface area contributed by atoms with Gasteiger partial charge in [0.1, 0.15) is 17.6 Å². The quantitative estimate of drug-likeness (QED) is 0.790. The average molecular weight is 257 g/mol. The SMILES string of the molecule is N#CC(C(=O)c1ccccc1)c1cc(F)cc(F)c1. The summed E-state index contributed by atoms with van der Waals surface area (Å²) in [6, 6.07) is 12.7. The Morgan fingerprint density at radius 2 is 1.63 bits per heavy atom. The van der Waals surface area contributed by atoms with E-state index < -0.39 is 23.3 Å². The molecule has 0 aliphatic carbocycles. The first-order valence-electron chi connectivity index (χ1n) is 5.56. The number of nitriles is 1. The van der Waals surface area contributed by atoms with Gasteiger partial charge in [-0.25, -0.2) is 8.78 Å². The van der Waals surface area contributed by atoms with Crippen molar-refractivity contribution in [3.8, 4) is 6.07 Å². The van der Waals surface area contributed by atoms with E-state index in [2.05, 4.69) is 0 Å². The van der Waals surface area contributed by atoms with E-state index in [0.717, 1.165) is 12.1 Å². The molecule has 2 aromatic carbocycles. The van der Waals surface area contributed by atoms with Crippen molar-refractivity contribution in [3.63, 3.8) is 0 Å². The molecule has 1 unspecified atom stereocenters. The van der Waals surface area contributed by atoms with Gasteiger partial charge in [0.25, 0.3) is 0 Å². The standard InChI is InChI=1S/C15H9F2NO/c16-12-6-11(7-13(17)8-12)14(9-18)15(19)10-4-2-1-3-5-10/h1-8,14H. The first kappa shape index (κ1) is 12.9. The molecule has 0 aromatic heterocycles. The van der Waals surface area contributed by atoms with Gasteiger partial charge in [-0.2, -0.15) is 5.26 Å². The zero-order chi connectivity index (χ0) is 13.8. The minimum Gasteiger partial charge on any atom is -0.292 e. The number of benzene rings is 2. The zero-order valence-corrected chi connectivity index (χ0v) is 9.81. The summed E-state index contributed by atoms with van der Waals surface area (Å²) in [5, 5.41) is 9.08. The van der Waals surface area contributed by atoms with Crippen LogP contribution in [0, 0.1) is 23.0 Å². The van der Waals surface area contributed by atoms with Crippen LogP contribution < -0.4 is 0 Å². The molecular weight excluding hydrogens is 248 g/mol. The fourth-order valence-electron chi connectivity index (χ4n) is 1.80. The van der Waals surface area contributed by atoms with Crippen LogP contribution in [0.25, 0.3) is 0 Å². The van der Waals surface area contributed by atoms with E-state index in [9.17, 15) is 13.6 Å². The lowest BCUT2D eigenvalue weighted by Gasteiger charge is -2.09. The van der Waals surface area contributed by atoms with Crippen LogP contribution in [0.15, 0.2) is 48.5 Å². The number of hydrogen-bond donors (Lipinski definition) is 0. The van der Waals surface area contributed by atoms with E-state index in [1.807, 2.05) is 0 Å². The maximum atomic E-state index is 13.1. The van der Waals surface area contributed by atoms with Crippen LogP contribution in [0.2, 0.25) is 0 Å². The van der Waals surface area contributed by atoms with Gasteiger partial charge in [0.2, 0.25) is 0 Å². The molecule has 0 spiro atoms. The van der Waals surface area contributed by atoms with E-state index >= 15 is 0 Å². The van der Waals surface area contributed by atoms with Crippen molar-refractivity contribution in [1.82, 2.24) is 0 Å². The summed E-state index contributed by atoms with van der Waals surface area (Å²) in [4.78, 5) is 12.1. The van der Waals surface area contributed by atoms with Crippen LogP contribution in [-0.2, 0) is 0 Å². The van der Waals surface area contributed by atoms with Crippen LogP contribution in [0.4, 0.5) is 8.78 Å². The highest BCUT2D eigenvalue weighted by Crippen LogP contribution is 2.22. The summed E-state index contributed by atoms with van der Waals surface area (Å²) in [5.41, 5.74) is 0.354. The number of rotatable bonds is 3. The van der Waals surface area contributed by atoms with Gasteiger partial charge in [0.05, 0.1) is 6.07 Å². The van der Waals surface area contributed by atoms with Gasteiger partial charge in [0, 0.05) is 11.6 Å². The largest absolute Gasteiger partial charge is 0.292 e. The van der Waals surface area contributed by atoms with Gasteiger partial charge in [-0.05, 0) is 17.7 Å². The third kappa shape index (κ3) is 2.83. The van der Waals surface area contributed by atoms with Crippen LogP contribution in [0.5, 0.6) is 0 Å². The Morgan fingerprint density at radius 3 is 2.16 bits per heavy atom. The monoisotopic (exact) mass is 257 g/mol. The molecule has 0 N–H and O–H groups in total. The Morgan fingerprint density at radius 1 is 1.05 bits per heavy atom. The first-order valence-corrected chi connectivity index (χ1v) is 5.56. The van der Waals surface area contributed by atoms with Crippen LogP contribution in [0.1, 0.15) is 21.8 Å². The van der Waals surface area contributed by atoms with Crippen LogP contribution in [0.3, 0.4) is 0 Å². The van der Waals surface area contributed by atoms with Gasteiger partial charge >= 0.3 is 0 Å². The molecule has 2 nitrogen and oxygen atoms in total. The lowest BCUT2D eigenvalue weighted by atomic mass is 9.92. The Bertz CT molecular complexity index is 627. The molecular formula is C15H9F2NO. The highest BCUT2D eigenvalue weighted by atomic mass is 19.1. The summed E-state index contributed by atoms with van der Waals surface area (Å²) in [6.07, 6.45) is 0. The predicted molar refractivity (Wildman–Crippen MR) is 65.5 cm³/mol. The van der Waals surface area contributed by atoms with Crippen molar-refractivity contribution >= 4 is 5.78 Å². The lowest BCUT2D eigenvalue weighted by Crippen LogP contribution is -2.11. The molecule has 19 heavy (non-hydrogen) atoms. The molecule has 0 saturated carbocycles. The molecule has 1 atom stereocenters. The normalized spacial score (nSPS) is 11.6. The van der Waals surface area contributed by atoms with Crippen molar-refractivity contribution in [2.75, 3.05) is 0 Å². The van der Waals surface area contributed by atoms with Gasteiger partial charge in [-0.3, -0.25) is 4.79 Å². The van der Waals surface area contributed by atoms with Crippen molar-refractivity contribution in [2.45, 2.75) is 5.92 Å². The zero-order valence-electron chi connectivity index (χ0n) is 9.81. The van der Waals surface area contributed by atoms with Crippen molar-refractivity contribution < 1.29 is 13.6 Å². The highest BCUT2D eigenvalue weighted by Gasteiger charge is 2.22. The third-order valence-corrected chi connectivity index (χ3v) is 2.67. The average Bonchev–Trinajstić information content (AvgIpc) is 2.39. The molecule has 0 amide bonds. The second kappa shape index (κ2) is 5.40. The highest BCUT2D eigenvalue weighted by molar-refractivity contribution is 6.02. The number of nitrogens with zero attached hydrogens (tertiary/aromatic N) is 1. The lowest BCUT2D eigenvalue weighted by molar-refractivity contribution is 0.0979. The molecule has 0 heterocycles. The number of carbonyl (C=O) groups is 1. The second-order valence-corrected chi connectivity index (χ2v) is 4.00. The maximum Gasteiger partial charge on any atom is 0.184 e. The number of Topliss-reactive ketones (excluding diaryl/α,β-unsaturated/α-hetero) is 1. The minimum absolute atomic E-state index is 0.0221. The van der Waals surface area contributed by atoms with E-state index in [4.69, 9.17) is 5.26 Å². The minimum atomic E-state index is -1.22. The maximum absolute atomic E-state index is 13.1. The molecule has 2 rings (SSSR count). The van der Waals surface area contributed by atoms with Gasteiger partial charge in [0.15, 0.2) is 5.78 Å². The molecule has 94 valence electrons. The Kier molecular flexibility index (Phi) is 3.67. The fraction of sp³-hybridized carbons (Fsp3) is 0.0667. The first-order chi connectivity index (χ1) is 9.11. The van der Waals surface area contributed by atoms with Crippen molar-refractivity contribution in [3.05, 3.63) is 71.3 Å². The topological polar surface area (TPSA) is 40.9 Å². The summed E-state index contributed by atoms with van der Waals surface area (Å²) >= 11 is 0. The molecule has 0 saturated heterocycles. The predicted octanol–water partition coefficient (Wildman–Crippen LogP) is 3.45. The smallest absolute Gasteiger partial charge is 0.184 e. The molecule has 0 aliphatic rings. The van der Waals surface area contributed by atoms with E-state index in [0.29, 0.717) is 11.6 Å². The number of ketones is 1. The molecule has 2 aromatic rings. The van der Waals surface area contributed by atoms with Gasteiger partial charge in [-0.15, -0.1) is 0 Å². The molecule has 4 heteroatoms. The van der Waals surface area contributed by atoms with Crippen molar-refractivity contribution in [1.29, 1.82) is 5.26 Å². The Hall–Kier alpha value is -2.54. The molecule has 0 aliphatic heterocycles. The summed E-state index contributed by atoms with van der Waals surface area (Å²) < 4.78 is 26.3. The van der Waals surface area contributed by atoms with Crippen molar-refractivity contribution in [2.24, 2.45) is 0 Å². The third-order valence-electron chi connectivity index (χ3n) is 2.67. The van der Waals surface area contributed by atoms with Crippen LogP contribution >= 0.6 is 0 Å². The van der Waals surface area contributed by atoms with E-state index in [1.165, 1.54) is 0 Å². The number of halogens is 2. The van der Waals surface area contributed by atoms with Gasteiger partial charge in [-0.1, -0.05) is 30.3 Å². The van der Waals surface area contributed by atoms with Gasteiger partial charge < -0.3 is 0 Å². The number of carbonyl (C=O) groups excluding carboxylic acids is 1. The summed E-state index contributed by atoms with van der Waals surface area (Å²) in [5.74, 6) is -3.31. The second-order valence-electron chi connectivity index (χ2n) is 4.00. The summed E-state index contributed by atoms with van der Waals surface area (Å²) in [6.45, 7) is 0. The van der Waals surface area contributed by atoms with E-state index in [1.54, 1.807) is 36.4 Å². The summed E-state index contributed by atoms with van der Waals surface area (Å²) in [7, 11) is 0. The molecule has 0 fully saturated rings. The number of hydrogen-bond acceptors (Lipinski definition) is 2. The molecule has 0 radical (unpaired) electrons. The van der Waals surface area contributed by atoms with E-state index in [-0.39, 0.29) is 5.56 Å². The van der Waals surface area contributed by atoms with Crippen LogP contribution in [-0.4, -0.2) is 5.78 Å². The Balaban J connectivity index is 2.41. The fourth-order valence-corrected chi connectivity index (χ4v) is 1.80. The Labute approximate surface area is 108 Å².